The van der Waals surface area contributed by atoms with Crippen molar-refractivity contribution in [3.8, 4) is 11.6 Å². The van der Waals surface area contributed by atoms with Gasteiger partial charge in [0.05, 0.1) is 28.5 Å². The van der Waals surface area contributed by atoms with Gasteiger partial charge in [0.15, 0.2) is 4.88 Å². The number of aromatic nitrogens is 3. The van der Waals surface area contributed by atoms with Gasteiger partial charge in [0.25, 0.3) is 18.2 Å². The van der Waals surface area contributed by atoms with Crippen molar-refractivity contribution in [2.75, 3.05) is 6.61 Å². The molecule has 3 aromatic rings. The van der Waals surface area contributed by atoms with E-state index in [0.29, 0.717) is 46.6 Å². The Balaban J connectivity index is 1.33. The van der Waals surface area contributed by atoms with Crippen LogP contribution >= 0.6 is 11.3 Å². The Labute approximate surface area is 191 Å². The summed E-state index contributed by atoms with van der Waals surface area (Å²) in [6.45, 7) is 1.08. The zero-order valence-electron chi connectivity index (χ0n) is 17.8. The lowest BCUT2D eigenvalue weighted by molar-refractivity contribution is 0.0816. The van der Waals surface area contributed by atoms with Gasteiger partial charge in [-0.15, -0.1) is 11.3 Å². The summed E-state index contributed by atoms with van der Waals surface area (Å²) in [6.07, 6.45) is 3.01. The number of hydrogen-bond donors (Lipinski definition) is 2. The Morgan fingerprint density at radius 1 is 1.30 bits per heavy atom. The normalized spacial score (nSPS) is 18.4. The number of ether oxygens (including phenoxy) is 2. The van der Waals surface area contributed by atoms with Gasteiger partial charge in [0.1, 0.15) is 18.5 Å². The largest absolute Gasteiger partial charge is 0.486 e. The Bertz CT molecular complexity index is 1160. The Kier molecular flexibility index (Phi) is 6.72. The van der Waals surface area contributed by atoms with E-state index in [1.165, 1.54) is 34.3 Å². The van der Waals surface area contributed by atoms with Crippen molar-refractivity contribution >= 4 is 28.7 Å². The average molecular weight is 480 g/mol. The molecule has 1 fully saturated rings. The van der Waals surface area contributed by atoms with Crippen molar-refractivity contribution in [1.29, 1.82) is 0 Å². The van der Waals surface area contributed by atoms with E-state index in [4.69, 9.17) is 15.2 Å². The molecule has 1 aliphatic carbocycles. The molecule has 0 saturated heterocycles. The second-order valence-corrected chi connectivity index (χ2v) is 8.95. The monoisotopic (exact) mass is 479 g/mol. The van der Waals surface area contributed by atoms with Gasteiger partial charge in [0.2, 0.25) is 5.88 Å². The lowest BCUT2D eigenvalue weighted by atomic mass is 9.92. The number of carbonyl (C=O) groups is 2. The van der Waals surface area contributed by atoms with Gasteiger partial charge in [-0.3, -0.25) is 9.59 Å². The lowest BCUT2D eigenvalue weighted by Crippen LogP contribution is -2.39. The first kappa shape index (κ1) is 22.9. The van der Waals surface area contributed by atoms with Crippen molar-refractivity contribution in [3.63, 3.8) is 0 Å². The molecule has 176 valence electrons. The summed E-state index contributed by atoms with van der Waals surface area (Å²) in [5.74, 6) is -0.300. The number of nitrogens with two attached hydrogens (primary N) is 1. The molecule has 0 atom stereocenters. The standard InChI is InChI=1S/C21H23F2N5O4S/c1-11-26-21(18(33-11)19(24)29)32-13-4-2-12(3-5-13)27-20(30)15-8-25-28-9-14(6-7-16(15)28)31-10-17(22)23/h6-9,12-13,17H,2-5,10H2,1H3,(H2,24,29)(H,27,30). The third kappa shape index (κ3) is 5.38. The lowest BCUT2D eigenvalue weighted by Gasteiger charge is -2.29. The number of nitrogens with one attached hydrogen (secondary N) is 1. The van der Waals surface area contributed by atoms with Gasteiger partial charge >= 0.3 is 0 Å². The van der Waals surface area contributed by atoms with Crippen LogP contribution in [0, 0.1) is 6.92 Å². The number of amides is 2. The fourth-order valence-corrected chi connectivity index (χ4v) is 4.48. The minimum Gasteiger partial charge on any atom is -0.486 e. The molecule has 4 rings (SSSR count). The van der Waals surface area contributed by atoms with Crippen LogP contribution in [0.15, 0.2) is 24.5 Å². The second kappa shape index (κ2) is 9.69. The molecule has 1 aliphatic rings. The number of fused-ring (bicyclic) bond motifs is 1. The zero-order valence-corrected chi connectivity index (χ0v) is 18.6. The van der Waals surface area contributed by atoms with Crippen LogP contribution < -0.4 is 20.5 Å². The highest BCUT2D eigenvalue weighted by molar-refractivity contribution is 7.13. The molecule has 3 aromatic heterocycles. The first-order valence-corrected chi connectivity index (χ1v) is 11.2. The van der Waals surface area contributed by atoms with Crippen LogP contribution in [-0.4, -0.2) is 51.6 Å². The number of carbonyl (C=O) groups excluding carboxylic acids is 2. The summed E-state index contributed by atoms with van der Waals surface area (Å²) in [5.41, 5.74) is 6.33. The van der Waals surface area contributed by atoms with Crippen LogP contribution in [0.2, 0.25) is 0 Å². The molecular weight excluding hydrogens is 456 g/mol. The van der Waals surface area contributed by atoms with Gasteiger partial charge in [-0.1, -0.05) is 0 Å². The van der Waals surface area contributed by atoms with Crippen molar-refractivity contribution in [3.05, 3.63) is 40.0 Å². The maximum absolute atomic E-state index is 12.8. The van der Waals surface area contributed by atoms with Crippen LogP contribution in [0.4, 0.5) is 8.78 Å². The van der Waals surface area contributed by atoms with Crippen LogP contribution in [-0.2, 0) is 0 Å². The van der Waals surface area contributed by atoms with Crippen LogP contribution in [0.5, 0.6) is 11.6 Å². The average Bonchev–Trinajstić information content (AvgIpc) is 3.36. The highest BCUT2D eigenvalue weighted by Gasteiger charge is 2.27. The maximum Gasteiger partial charge on any atom is 0.272 e. The molecule has 3 N–H and O–H groups in total. The summed E-state index contributed by atoms with van der Waals surface area (Å²) < 4.78 is 37.0. The summed E-state index contributed by atoms with van der Waals surface area (Å²) in [7, 11) is 0. The Hall–Kier alpha value is -3.28. The van der Waals surface area contributed by atoms with Gasteiger partial charge in [-0.25, -0.2) is 18.3 Å². The maximum atomic E-state index is 12.8. The number of hydrogen-bond acceptors (Lipinski definition) is 7. The number of nitrogens with zero attached hydrogens (tertiary/aromatic N) is 3. The third-order valence-corrected chi connectivity index (χ3v) is 6.29. The third-order valence-electron chi connectivity index (χ3n) is 5.32. The van der Waals surface area contributed by atoms with Gasteiger partial charge in [-0.2, -0.15) is 5.10 Å². The topological polar surface area (TPSA) is 121 Å². The number of primary amides is 1. The first-order chi connectivity index (χ1) is 15.8. The number of alkyl halides is 2. The first-order valence-electron chi connectivity index (χ1n) is 10.4. The number of halogens is 2. The fourth-order valence-electron chi connectivity index (χ4n) is 3.77. The van der Waals surface area contributed by atoms with E-state index >= 15 is 0 Å². The highest BCUT2D eigenvalue weighted by Crippen LogP contribution is 2.29. The molecule has 0 aromatic carbocycles. The molecule has 0 aliphatic heterocycles. The molecule has 0 unspecified atom stereocenters. The van der Waals surface area contributed by atoms with Crippen LogP contribution in [0.1, 0.15) is 50.7 Å². The smallest absolute Gasteiger partial charge is 0.272 e. The molecule has 12 heteroatoms. The van der Waals surface area contributed by atoms with Crippen LogP contribution in [0.25, 0.3) is 5.52 Å². The molecule has 33 heavy (non-hydrogen) atoms. The van der Waals surface area contributed by atoms with E-state index in [1.807, 2.05) is 0 Å². The molecule has 1 saturated carbocycles. The minimum absolute atomic E-state index is 0.0336. The predicted molar refractivity (Wildman–Crippen MR) is 116 cm³/mol. The molecule has 3 heterocycles. The summed E-state index contributed by atoms with van der Waals surface area (Å²) in [4.78, 5) is 28.9. The highest BCUT2D eigenvalue weighted by atomic mass is 32.1. The summed E-state index contributed by atoms with van der Waals surface area (Å²) >= 11 is 1.21. The Morgan fingerprint density at radius 2 is 2.06 bits per heavy atom. The molecule has 0 radical (unpaired) electrons. The van der Waals surface area contributed by atoms with E-state index in [-0.39, 0.29) is 29.7 Å². The number of aryl methyl sites for hydroxylation is 1. The molecule has 2 amide bonds. The minimum atomic E-state index is -2.57. The predicted octanol–water partition coefficient (Wildman–Crippen LogP) is 2.96. The van der Waals surface area contributed by atoms with E-state index in [0.717, 1.165) is 0 Å². The van der Waals surface area contributed by atoms with E-state index in [2.05, 4.69) is 15.4 Å². The summed E-state index contributed by atoms with van der Waals surface area (Å²) in [5, 5.41) is 7.86. The van der Waals surface area contributed by atoms with Crippen molar-refractivity contribution in [1.82, 2.24) is 19.9 Å². The van der Waals surface area contributed by atoms with Gasteiger partial charge in [0, 0.05) is 6.04 Å². The van der Waals surface area contributed by atoms with Crippen LogP contribution in [0.3, 0.4) is 0 Å². The van der Waals surface area contributed by atoms with Gasteiger partial charge in [-0.05, 0) is 44.7 Å². The number of pyridine rings is 1. The Morgan fingerprint density at radius 3 is 2.76 bits per heavy atom. The molecule has 9 nitrogen and oxygen atoms in total. The van der Waals surface area contributed by atoms with Crippen molar-refractivity contribution in [2.45, 2.75) is 51.2 Å². The van der Waals surface area contributed by atoms with E-state index < -0.39 is 18.9 Å². The van der Waals surface area contributed by atoms with Crippen molar-refractivity contribution < 1.29 is 27.8 Å². The van der Waals surface area contributed by atoms with Crippen molar-refractivity contribution in [2.24, 2.45) is 5.73 Å². The quantitative estimate of drug-likeness (QED) is 0.513. The summed E-state index contributed by atoms with van der Waals surface area (Å²) in [6, 6.07) is 3.10. The zero-order chi connectivity index (χ0) is 23.5. The SMILES string of the molecule is Cc1nc(OC2CCC(NC(=O)c3cnn4cc(OCC(F)F)ccc34)CC2)c(C(N)=O)s1. The molecular formula is C21H23F2N5O4S. The van der Waals surface area contributed by atoms with E-state index in [1.54, 1.807) is 13.0 Å². The van der Waals surface area contributed by atoms with Gasteiger partial charge < -0.3 is 20.5 Å². The van der Waals surface area contributed by atoms with E-state index in [9.17, 15) is 18.4 Å². The molecule has 0 bridgehead atoms. The number of rotatable bonds is 8. The molecule has 0 spiro atoms. The fraction of sp³-hybridized carbons (Fsp3) is 0.429. The number of thiazole rings is 1. The second-order valence-electron chi connectivity index (χ2n) is 7.75.